The average Bonchev–Trinajstić information content (AvgIpc) is 2.77. The van der Waals surface area contributed by atoms with Crippen LogP contribution in [0.4, 0.5) is 5.69 Å². The summed E-state index contributed by atoms with van der Waals surface area (Å²) < 4.78 is 26.9. The van der Waals surface area contributed by atoms with Crippen LogP contribution in [-0.2, 0) is 10.0 Å². The first kappa shape index (κ1) is 12.9. The maximum absolute atomic E-state index is 11.9. The number of anilines is 1. The number of hydrogen-bond acceptors (Lipinski definition) is 4. The first-order valence-electron chi connectivity index (χ1n) is 4.79. The molecule has 0 amide bonds. The first-order valence-corrected chi connectivity index (χ1v) is 7.47. The molecule has 18 heavy (non-hydrogen) atoms. The third-order valence-corrected chi connectivity index (χ3v) is 5.18. The molecule has 4 nitrogen and oxygen atoms in total. The summed E-state index contributed by atoms with van der Waals surface area (Å²) in [4.78, 5) is 0. The minimum absolute atomic E-state index is 0.150. The van der Waals surface area contributed by atoms with Crippen molar-refractivity contribution in [1.82, 2.24) is 0 Å². The largest absolute Gasteiger partial charge is 0.279 e. The quantitative estimate of drug-likeness (QED) is 0.946. The number of halogens is 1. The molecule has 0 spiro atoms. The van der Waals surface area contributed by atoms with Gasteiger partial charge in [-0.05, 0) is 36.4 Å². The molecule has 0 aliphatic heterocycles. The lowest BCUT2D eigenvalue weighted by Gasteiger charge is -2.05. The Morgan fingerprint density at radius 1 is 1.17 bits per heavy atom. The molecule has 0 atom stereocenters. The Morgan fingerprint density at radius 3 is 2.33 bits per heavy atom. The fraction of sp³-hybridized carbons (Fsp3) is 0. The number of nitrogens with one attached hydrogen (secondary N) is 1. The van der Waals surface area contributed by atoms with Crippen molar-refractivity contribution in [3.63, 3.8) is 0 Å². The van der Waals surface area contributed by atoms with E-state index in [9.17, 15) is 8.42 Å². The van der Waals surface area contributed by atoms with Gasteiger partial charge in [0.05, 0.1) is 16.0 Å². The standard InChI is InChI=1S/C11H7ClN2O2S2/c12-10-5-6-11(17-10)18(15,16)14-9-3-1-8(7-13)2-4-9/h1-6,14H. The summed E-state index contributed by atoms with van der Waals surface area (Å²) in [5.74, 6) is 0. The van der Waals surface area contributed by atoms with Crippen LogP contribution in [0.3, 0.4) is 0 Å². The van der Waals surface area contributed by atoms with Crippen molar-refractivity contribution in [3.8, 4) is 6.07 Å². The van der Waals surface area contributed by atoms with Crippen LogP contribution in [0.15, 0.2) is 40.6 Å². The Bertz CT molecular complexity index is 699. The highest BCUT2D eigenvalue weighted by Gasteiger charge is 2.16. The molecule has 0 radical (unpaired) electrons. The van der Waals surface area contributed by atoms with Crippen molar-refractivity contribution in [2.45, 2.75) is 4.21 Å². The van der Waals surface area contributed by atoms with Gasteiger partial charge in [0.2, 0.25) is 0 Å². The lowest BCUT2D eigenvalue weighted by Crippen LogP contribution is -2.11. The van der Waals surface area contributed by atoms with Crippen molar-refractivity contribution in [2.75, 3.05) is 4.72 Å². The summed E-state index contributed by atoms with van der Waals surface area (Å²) in [5.41, 5.74) is 0.871. The van der Waals surface area contributed by atoms with Gasteiger partial charge in [-0.15, -0.1) is 11.3 Å². The van der Waals surface area contributed by atoms with Crippen molar-refractivity contribution < 1.29 is 8.42 Å². The van der Waals surface area contributed by atoms with E-state index in [1.54, 1.807) is 12.1 Å². The van der Waals surface area contributed by atoms with Crippen molar-refractivity contribution >= 4 is 38.6 Å². The monoisotopic (exact) mass is 298 g/mol. The zero-order valence-electron chi connectivity index (χ0n) is 8.92. The fourth-order valence-electron chi connectivity index (χ4n) is 1.26. The van der Waals surface area contributed by atoms with E-state index in [1.807, 2.05) is 6.07 Å². The van der Waals surface area contributed by atoms with Crippen LogP contribution in [0.1, 0.15) is 5.56 Å². The Balaban J connectivity index is 2.25. The number of nitriles is 1. The predicted octanol–water partition coefficient (Wildman–Crippen LogP) is 3.07. The molecule has 0 aliphatic carbocycles. The SMILES string of the molecule is N#Cc1ccc(NS(=O)(=O)c2ccc(Cl)s2)cc1. The second-order valence-electron chi connectivity index (χ2n) is 3.35. The van der Waals surface area contributed by atoms with Crippen LogP contribution in [0, 0.1) is 11.3 Å². The molecule has 1 N–H and O–H groups in total. The van der Waals surface area contributed by atoms with Crippen LogP contribution < -0.4 is 4.72 Å². The number of hydrogen-bond donors (Lipinski definition) is 1. The van der Waals surface area contributed by atoms with Gasteiger partial charge in [-0.1, -0.05) is 11.6 Å². The molecule has 7 heteroatoms. The number of nitrogens with zero attached hydrogens (tertiary/aromatic N) is 1. The second-order valence-corrected chi connectivity index (χ2v) is 6.98. The lowest BCUT2D eigenvalue weighted by atomic mass is 10.2. The Hall–Kier alpha value is -1.55. The molecule has 2 aromatic rings. The zero-order chi connectivity index (χ0) is 13.2. The molecule has 0 saturated carbocycles. The van der Waals surface area contributed by atoms with Crippen molar-refractivity contribution in [1.29, 1.82) is 5.26 Å². The molecule has 2 rings (SSSR count). The van der Waals surface area contributed by atoms with E-state index in [0.29, 0.717) is 15.6 Å². The number of thiophene rings is 1. The minimum Gasteiger partial charge on any atom is -0.279 e. The van der Waals surface area contributed by atoms with Gasteiger partial charge in [0.25, 0.3) is 10.0 Å². The molecular formula is C11H7ClN2O2S2. The van der Waals surface area contributed by atoms with E-state index >= 15 is 0 Å². The van der Waals surface area contributed by atoms with Crippen LogP contribution in [0.25, 0.3) is 0 Å². The van der Waals surface area contributed by atoms with E-state index in [1.165, 1.54) is 24.3 Å². The number of benzene rings is 1. The molecule has 0 fully saturated rings. The van der Waals surface area contributed by atoms with Gasteiger partial charge in [-0.3, -0.25) is 4.72 Å². The van der Waals surface area contributed by atoms with Crippen molar-refractivity contribution in [2.24, 2.45) is 0 Å². The summed E-state index contributed by atoms with van der Waals surface area (Å²) in [5, 5.41) is 8.64. The van der Waals surface area contributed by atoms with E-state index in [-0.39, 0.29) is 4.21 Å². The second kappa shape index (κ2) is 4.98. The Labute approximate surface area is 114 Å². The zero-order valence-corrected chi connectivity index (χ0v) is 11.3. The van der Waals surface area contributed by atoms with Crippen LogP contribution in [0.5, 0.6) is 0 Å². The smallest absolute Gasteiger partial charge is 0.271 e. The van der Waals surface area contributed by atoms with Crippen molar-refractivity contribution in [3.05, 3.63) is 46.3 Å². The normalized spacial score (nSPS) is 10.9. The summed E-state index contributed by atoms with van der Waals surface area (Å²) in [7, 11) is -3.61. The topological polar surface area (TPSA) is 70.0 Å². The molecule has 0 unspecified atom stereocenters. The third-order valence-electron chi connectivity index (χ3n) is 2.08. The van der Waals surface area contributed by atoms with Gasteiger partial charge in [-0.2, -0.15) is 5.26 Å². The van der Waals surface area contributed by atoms with E-state index < -0.39 is 10.0 Å². The molecule has 0 aliphatic rings. The molecule has 92 valence electrons. The predicted molar refractivity (Wildman–Crippen MR) is 71.3 cm³/mol. The fourth-order valence-corrected chi connectivity index (χ4v) is 3.80. The molecule has 1 aromatic carbocycles. The van der Waals surface area contributed by atoms with Gasteiger partial charge >= 0.3 is 0 Å². The average molecular weight is 299 g/mol. The van der Waals surface area contributed by atoms with Crippen LogP contribution >= 0.6 is 22.9 Å². The summed E-state index contributed by atoms with van der Waals surface area (Å²) in [6, 6.07) is 11.1. The van der Waals surface area contributed by atoms with Gasteiger partial charge in [0.1, 0.15) is 4.21 Å². The maximum atomic E-state index is 11.9. The van der Waals surface area contributed by atoms with E-state index in [2.05, 4.69) is 4.72 Å². The molecule has 1 heterocycles. The third kappa shape index (κ3) is 2.82. The lowest BCUT2D eigenvalue weighted by molar-refractivity contribution is 0.603. The number of rotatable bonds is 3. The van der Waals surface area contributed by atoms with Gasteiger partial charge in [0, 0.05) is 5.69 Å². The molecule has 0 saturated heterocycles. The van der Waals surface area contributed by atoms with E-state index in [0.717, 1.165) is 11.3 Å². The van der Waals surface area contributed by atoms with Crippen LogP contribution in [0.2, 0.25) is 4.34 Å². The Kier molecular flexibility index (Phi) is 3.57. The van der Waals surface area contributed by atoms with Gasteiger partial charge in [-0.25, -0.2) is 8.42 Å². The number of sulfonamides is 1. The van der Waals surface area contributed by atoms with E-state index in [4.69, 9.17) is 16.9 Å². The molecule has 1 aromatic heterocycles. The molecular weight excluding hydrogens is 292 g/mol. The summed E-state index contributed by atoms with van der Waals surface area (Å²) in [6.07, 6.45) is 0. The minimum atomic E-state index is -3.61. The maximum Gasteiger partial charge on any atom is 0.271 e. The summed E-state index contributed by atoms with van der Waals surface area (Å²) in [6.45, 7) is 0. The summed E-state index contributed by atoms with van der Waals surface area (Å²) >= 11 is 6.68. The van der Waals surface area contributed by atoms with Crippen LogP contribution in [-0.4, -0.2) is 8.42 Å². The highest BCUT2D eigenvalue weighted by atomic mass is 35.5. The first-order chi connectivity index (χ1) is 8.51. The Morgan fingerprint density at radius 2 is 1.83 bits per heavy atom. The van der Waals surface area contributed by atoms with Gasteiger partial charge in [0.15, 0.2) is 0 Å². The molecule has 0 bridgehead atoms. The highest BCUT2D eigenvalue weighted by molar-refractivity contribution is 7.94. The van der Waals surface area contributed by atoms with Gasteiger partial charge < -0.3 is 0 Å². The highest BCUT2D eigenvalue weighted by Crippen LogP contribution is 2.27.